The van der Waals surface area contributed by atoms with Crippen molar-refractivity contribution in [2.24, 2.45) is 0 Å². The fraction of sp³-hybridized carbons (Fsp3) is 0.143. The molecule has 1 aromatic carbocycles. The molecule has 0 bridgehead atoms. The minimum Gasteiger partial charge on any atom is -0.287 e. The predicted octanol–water partition coefficient (Wildman–Crippen LogP) is 3.18. The molecule has 0 aliphatic rings. The Balaban J connectivity index is 2.23. The molecule has 2 nitrogen and oxygen atoms in total. The Hall–Kier alpha value is -1.48. The van der Waals surface area contributed by atoms with Crippen molar-refractivity contribution in [1.82, 2.24) is 0 Å². The molecule has 0 radical (unpaired) electrons. The molecule has 0 aliphatic carbocycles. The van der Waals surface area contributed by atoms with Crippen molar-refractivity contribution in [3.05, 3.63) is 64.9 Å². The van der Waals surface area contributed by atoms with Crippen LogP contribution >= 0.6 is 15.9 Å². The summed E-state index contributed by atoms with van der Waals surface area (Å²) in [6, 6.07) is 13.0. The Bertz CT molecular complexity index is 508. The maximum absolute atomic E-state index is 12.2. The molecule has 0 fully saturated rings. The van der Waals surface area contributed by atoms with E-state index < -0.39 is 0 Å². The lowest BCUT2D eigenvalue weighted by Crippen LogP contribution is -2.41. The van der Waals surface area contributed by atoms with Gasteiger partial charge in [0, 0.05) is 29.1 Å². The summed E-state index contributed by atoms with van der Waals surface area (Å²) in [5.41, 5.74) is 0.733. The molecule has 0 N–H and O–H groups in total. The lowest BCUT2D eigenvalue weighted by atomic mass is 10.1. The largest absolute Gasteiger partial charge is 0.287 e. The highest BCUT2D eigenvalue weighted by Crippen LogP contribution is 2.13. The zero-order valence-electron chi connectivity index (χ0n) is 9.51. The molecule has 3 heteroatoms. The number of carbonyl (C=O) groups is 1. The molecule has 1 heterocycles. The average Bonchev–Trinajstić information content (AvgIpc) is 2.39. The van der Waals surface area contributed by atoms with Crippen LogP contribution in [0, 0.1) is 0 Å². The molecule has 1 atom stereocenters. The molecule has 1 aromatic heterocycles. The van der Waals surface area contributed by atoms with Gasteiger partial charge in [0.15, 0.2) is 12.4 Å². The minimum absolute atomic E-state index is 0.119. The lowest BCUT2D eigenvalue weighted by Gasteiger charge is -2.06. The van der Waals surface area contributed by atoms with Gasteiger partial charge >= 0.3 is 0 Å². The van der Waals surface area contributed by atoms with E-state index in [1.54, 1.807) is 0 Å². The Labute approximate surface area is 109 Å². The van der Waals surface area contributed by atoms with E-state index in [4.69, 9.17) is 0 Å². The zero-order valence-corrected chi connectivity index (χ0v) is 11.1. The number of aromatic nitrogens is 1. The summed E-state index contributed by atoms with van der Waals surface area (Å²) in [6.45, 7) is 1.91. The van der Waals surface area contributed by atoms with Crippen LogP contribution in [-0.2, 0) is 0 Å². The molecular weight excluding hydrogens is 278 g/mol. The van der Waals surface area contributed by atoms with Crippen LogP contribution in [0.15, 0.2) is 59.3 Å². The van der Waals surface area contributed by atoms with Crippen molar-refractivity contribution in [3.8, 4) is 0 Å². The second-order valence-corrected chi connectivity index (χ2v) is 4.79. The molecule has 0 unspecified atom stereocenters. The zero-order chi connectivity index (χ0) is 12.3. The summed E-state index contributed by atoms with van der Waals surface area (Å²) in [6.07, 6.45) is 3.81. The van der Waals surface area contributed by atoms with E-state index in [1.807, 2.05) is 66.3 Å². The van der Waals surface area contributed by atoms with Gasteiger partial charge in [0.25, 0.3) is 0 Å². The number of halogens is 1. The van der Waals surface area contributed by atoms with E-state index in [0.29, 0.717) is 0 Å². The summed E-state index contributed by atoms with van der Waals surface area (Å²) in [5.74, 6) is 0.119. The van der Waals surface area contributed by atoms with Crippen LogP contribution in [0.5, 0.6) is 0 Å². The Morgan fingerprint density at radius 2 is 1.71 bits per heavy atom. The van der Waals surface area contributed by atoms with Crippen LogP contribution < -0.4 is 4.57 Å². The summed E-state index contributed by atoms with van der Waals surface area (Å²) in [7, 11) is 0. The molecular formula is C14H13BrNO+. The predicted molar refractivity (Wildman–Crippen MR) is 69.8 cm³/mol. The number of rotatable bonds is 3. The second kappa shape index (κ2) is 5.23. The van der Waals surface area contributed by atoms with Gasteiger partial charge in [0.1, 0.15) is 0 Å². The minimum atomic E-state index is -0.183. The van der Waals surface area contributed by atoms with Crippen molar-refractivity contribution in [3.63, 3.8) is 0 Å². The first kappa shape index (κ1) is 12.0. The van der Waals surface area contributed by atoms with Crippen molar-refractivity contribution in [1.29, 1.82) is 0 Å². The fourth-order valence-electron chi connectivity index (χ4n) is 1.66. The molecule has 2 aromatic rings. The van der Waals surface area contributed by atoms with Gasteiger partial charge in [-0.15, -0.1) is 0 Å². The number of pyridine rings is 1. The van der Waals surface area contributed by atoms with E-state index in [1.165, 1.54) is 0 Å². The van der Waals surface area contributed by atoms with Crippen LogP contribution in [0.25, 0.3) is 0 Å². The Morgan fingerprint density at radius 1 is 1.12 bits per heavy atom. The molecule has 2 rings (SSSR count). The Kier molecular flexibility index (Phi) is 3.69. The average molecular weight is 291 g/mol. The van der Waals surface area contributed by atoms with Gasteiger partial charge in [-0.1, -0.05) is 34.1 Å². The van der Waals surface area contributed by atoms with Crippen molar-refractivity contribution >= 4 is 21.7 Å². The van der Waals surface area contributed by atoms with Gasteiger partial charge in [-0.3, -0.25) is 4.79 Å². The third-order valence-electron chi connectivity index (χ3n) is 2.69. The highest BCUT2D eigenvalue weighted by atomic mass is 79.9. The van der Waals surface area contributed by atoms with E-state index in [2.05, 4.69) is 15.9 Å². The second-order valence-electron chi connectivity index (χ2n) is 3.87. The molecule has 0 spiro atoms. The number of carbonyl (C=O) groups excluding carboxylic acids is 1. The molecule has 17 heavy (non-hydrogen) atoms. The van der Waals surface area contributed by atoms with Crippen LogP contribution in [0.4, 0.5) is 0 Å². The smallest absolute Gasteiger partial charge is 0.230 e. The molecule has 86 valence electrons. The van der Waals surface area contributed by atoms with Crippen LogP contribution in [-0.4, -0.2) is 5.78 Å². The van der Waals surface area contributed by atoms with Gasteiger partial charge in [0.05, 0.1) is 0 Å². The summed E-state index contributed by atoms with van der Waals surface area (Å²) in [5, 5.41) is 0. The van der Waals surface area contributed by atoms with Gasteiger partial charge in [-0.05, 0) is 12.1 Å². The van der Waals surface area contributed by atoms with Crippen molar-refractivity contribution in [2.75, 3.05) is 0 Å². The SMILES string of the molecule is C[C@H](C(=O)c1ccc(Br)cc1)[n+]1ccccc1. The standard InChI is InChI=1S/C14H13BrNO/c1-11(16-9-3-2-4-10-16)14(17)12-5-7-13(15)8-6-12/h2-11H,1H3/q+1/t11-/m1/s1. The van der Waals surface area contributed by atoms with E-state index in [9.17, 15) is 4.79 Å². The third-order valence-corrected chi connectivity index (χ3v) is 3.22. The number of nitrogens with zero attached hydrogens (tertiary/aromatic N) is 1. The van der Waals surface area contributed by atoms with Crippen molar-refractivity contribution in [2.45, 2.75) is 13.0 Å². The lowest BCUT2D eigenvalue weighted by molar-refractivity contribution is -0.704. The molecule has 0 saturated carbocycles. The Morgan fingerprint density at radius 3 is 2.29 bits per heavy atom. The molecule has 0 aliphatic heterocycles. The third kappa shape index (κ3) is 2.80. The highest BCUT2D eigenvalue weighted by Gasteiger charge is 2.22. The van der Waals surface area contributed by atoms with Gasteiger partial charge in [-0.2, -0.15) is 4.57 Å². The number of hydrogen-bond acceptors (Lipinski definition) is 1. The maximum atomic E-state index is 12.2. The number of benzene rings is 1. The quantitative estimate of drug-likeness (QED) is 0.628. The molecule has 0 saturated heterocycles. The normalized spacial score (nSPS) is 12.1. The first-order valence-corrected chi connectivity index (χ1v) is 6.23. The highest BCUT2D eigenvalue weighted by molar-refractivity contribution is 9.10. The molecule has 0 amide bonds. The first-order chi connectivity index (χ1) is 8.18. The van der Waals surface area contributed by atoms with Gasteiger partial charge in [0.2, 0.25) is 11.8 Å². The van der Waals surface area contributed by atoms with Gasteiger partial charge in [-0.25, -0.2) is 0 Å². The summed E-state index contributed by atoms with van der Waals surface area (Å²) in [4.78, 5) is 12.2. The van der Waals surface area contributed by atoms with E-state index in [-0.39, 0.29) is 11.8 Å². The van der Waals surface area contributed by atoms with Gasteiger partial charge < -0.3 is 0 Å². The topological polar surface area (TPSA) is 20.9 Å². The van der Waals surface area contributed by atoms with Crippen LogP contribution in [0.1, 0.15) is 23.3 Å². The van der Waals surface area contributed by atoms with Crippen LogP contribution in [0.3, 0.4) is 0 Å². The van der Waals surface area contributed by atoms with E-state index in [0.717, 1.165) is 10.0 Å². The fourth-order valence-corrected chi connectivity index (χ4v) is 1.93. The van der Waals surface area contributed by atoms with Crippen LogP contribution in [0.2, 0.25) is 0 Å². The maximum Gasteiger partial charge on any atom is 0.230 e. The number of hydrogen-bond donors (Lipinski definition) is 0. The summed E-state index contributed by atoms with van der Waals surface area (Å²) >= 11 is 3.36. The van der Waals surface area contributed by atoms with E-state index >= 15 is 0 Å². The first-order valence-electron chi connectivity index (χ1n) is 5.44. The monoisotopic (exact) mass is 290 g/mol. The number of Topliss-reactive ketones (excluding diaryl/α,β-unsaturated/α-hetero) is 1. The number of ketones is 1. The summed E-state index contributed by atoms with van der Waals surface area (Å²) < 4.78 is 2.89. The van der Waals surface area contributed by atoms with Crippen molar-refractivity contribution < 1.29 is 9.36 Å².